The summed E-state index contributed by atoms with van der Waals surface area (Å²) in [4.78, 5) is 56.5. The van der Waals surface area contributed by atoms with Gasteiger partial charge in [0.15, 0.2) is 0 Å². The highest BCUT2D eigenvalue weighted by Crippen LogP contribution is 2.28. The third kappa shape index (κ3) is 5.83. The molecule has 9 heteroatoms. The number of anilines is 3. The van der Waals surface area contributed by atoms with Crippen molar-refractivity contribution in [2.45, 2.75) is 13.5 Å². The first-order chi connectivity index (χ1) is 18.9. The van der Waals surface area contributed by atoms with Crippen molar-refractivity contribution in [2.24, 2.45) is 0 Å². The lowest BCUT2D eigenvalue weighted by Crippen LogP contribution is -2.45. The molecule has 2 heterocycles. The molecule has 0 spiro atoms. The minimum Gasteiger partial charge on any atom is -0.378 e. The Bertz CT molecular complexity index is 1400. The van der Waals surface area contributed by atoms with Crippen molar-refractivity contribution in [2.75, 3.05) is 54.5 Å². The Labute approximate surface area is 227 Å². The van der Waals surface area contributed by atoms with E-state index in [0.717, 1.165) is 29.9 Å². The lowest BCUT2D eigenvalue weighted by Gasteiger charge is -2.29. The molecule has 0 atom stereocenters. The molecule has 0 radical (unpaired) electrons. The third-order valence-electron chi connectivity index (χ3n) is 7.01. The normalized spacial score (nSPS) is 14.8. The maximum Gasteiger partial charge on any atom is 0.299 e. The number of ether oxygens (including phenoxy) is 1. The SMILES string of the molecule is Cc1ccccc1CN(CC(=O)Nc1ccc(N2CCOCC2)cc1)C(=O)CN1C(=O)C(=O)c2ccccc21. The second-order valence-electron chi connectivity index (χ2n) is 9.61. The summed E-state index contributed by atoms with van der Waals surface area (Å²) in [6.45, 7) is 4.58. The van der Waals surface area contributed by atoms with Crippen molar-refractivity contribution in [3.05, 3.63) is 89.5 Å². The number of ketones is 1. The summed E-state index contributed by atoms with van der Waals surface area (Å²) in [5, 5.41) is 2.87. The fourth-order valence-electron chi connectivity index (χ4n) is 4.82. The molecule has 5 rings (SSSR count). The fraction of sp³-hybridized carbons (Fsp3) is 0.267. The van der Waals surface area contributed by atoms with Gasteiger partial charge in [-0.25, -0.2) is 0 Å². The summed E-state index contributed by atoms with van der Waals surface area (Å²) >= 11 is 0. The Morgan fingerprint density at radius 1 is 0.923 bits per heavy atom. The topological polar surface area (TPSA) is 99.3 Å². The van der Waals surface area contributed by atoms with E-state index < -0.39 is 17.6 Å². The van der Waals surface area contributed by atoms with Crippen molar-refractivity contribution in [3.8, 4) is 0 Å². The van der Waals surface area contributed by atoms with Crippen molar-refractivity contribution in [1.29, 1.82) is 0 Å². The van der Waals surface area contributed by atoms with Crippen molar-refractivity contribution < 1.29 is 23.9 Å². The molecule has 9 nitrogen and oxygen atoms in total. The van der Waals surface area contributed by atoms with E-state index in [9.17, 15) is 19.2 Å². The molecule has 1 saturated heterocycles. The molecule has 2 aliphatic heterocycles. The summed E-state index contributed by atoms with van der Waals surface area (Å²) in [6, 6.07) is 21.8. The van der Waals surface area contributed by atoms with Crippen LogP contribution in [-0.2, 0) is 25.7 Å². The van der Waals surface area contributed by atoms with Crippen LogP contribution in [0.5, 0.6) is 0 Å². The van der Waals surface area contributed by atoms with Gasteiger partial charge < -0.3 is 19.9 Å². The van der Waals surface area contributed by atoms with Gasteiger partial charge in [-0.1, -0.05) is 36.4 Å². The molecule has 3 amide bonds. The van der Waals surface area contributed by atoms with Crippen LogP contribution >= 0.6 is 0 Å². The molecule has 1 fully saturated rings. The lowest BCUT2D eigenvalue weighted by molar-refractivity contribution is -0.134. The molecule has 3 aromatic carbocycles. The minimum atomic E-state index is -0.745. The van der Waals surface area contributed by atoms with Gasteiger partial charge in [0.2, 0.25) is 11.8 Å². The number of carbonyl (C=O) groups is 4. The fourth-order valence-corrected chi connectivity index (χ4v) is 4.82. The number of nitrogens with one attached hydrogen (secondary N) is 1. The van der Waals surface area contributed by atoms with Crippen molar-refractivity contribution in [3.63, 3.8) is 0 Å². The van der Waals surface area contributed by atoms with Crippen LogP contribution in [0, 0.1) is 6.92 Å². The van der Waals surface area contributed by atoms with E-state index in [2.05, 4.69) is 10.2 Å². The van der Waals surface area contributed by atoms with Gasteiger partial charge in [0.05, 0.1) is 24.5 Å². The first-order valence-corrected chi connectivity index (χ1v) is 12.9. The molecule has 3 aromatic rings. The smallest absolute Gasteiger partial charge is 0.299 e. The first kappa shape index (κ1) is 26.1. The number of amides is 3. The third-order valence-corrected chi connectivity index (χ3v) is 7.01. The number of Topliss-reactive ketones (excluding diaryl/α,β-unsaturated/α-hetero) is 1. The molecule has 1 N–H and O–H groups in total. The highest BCUT2D eigenvalue weighted by Gasteiger charge is 2.37. The molecular formula is C30H30N4O5. The summed E-state index contributed by atoms with van der Waals surface area (Å²) in [6.07, 6.45) is 0. The van der Waals surface area contributed by atoms with Crippen LogP contribution in [-0.4, -0.2) is 67.8 Å². The molecule has 0 aliphatic carbocycles. The predicted octanol–water partition coefficient (Wildman–Crippen LogP) is 3.03. The van der Waals surface area contributed by atoms with Gasteiger partial charge in [-0.15, -0.1) is 0 Å². The van der Waals surface area contributed by atoms with E-state index in [1.165, 1.54) is 9.80 Å². The molecule has 2 aliphatic rings. The number of benzene rings is 3. The molecule has 0 aromatic heterocycles. The first-order valence-electron chi connectivity index (χ1n) is 12.9. The number of nitrogens with zero attached hydrogens (tertiary/aromatic N) is 3. The van der Waals surface area contributed by atoms with Crippen molar-refractivity contribution in [1.82, 2.24) is 4.90 Å². The quantitative estimate of drug-likeness (QED) is 0.453. The van der Waals surface area contributed by atoms with E-state index in [1.807, 2.05) is 55.5 Å². The van der Waals surface area contributed by atoms with Crippen LogP contribution in [0.4, 0.5) is 17.1 Å². The number of rotatable bonds is 8. The van der Waals surface area contributed by atoms with Gasteiger partial charge in [0.1, 0.15) is 13.1 Å². The highest BCUT2D eigenvalue weighted by molar-refractivity contribution is 6.52. The Morgan fingerprint density at radius 2 is 1.62 bits per heavy atom. The molecule has 39 heavy (non-hydrogen) atoms. The minimum absolute atomic E-state index is 0.187. The second kappa shape index (κ2) is 11.5. The van der Waals surface area contributed by atoms with Gasteiger partial charge in [0, 0.05) is 31.0 Å². The maximum absolute atomic E-state index is 13.5. The van der Waals surface area contributed by atoms with Crippen LogP contribution in [0.3, 0.4) is 0 Å². The number of hydrogen-bond acceptors (Lipinski definition) is 6. The van der Waals surface area contributed by atoms with Crippen molar-refractivity contribution >= 4 is 40.6 Å². The largest absolute Gasteiger partial charge is 0.378 e. The van der Waals surface area contributed by atoms with E-state index in [1.54, 1.807) is 24.3 Å². The zero-order valence-electron chi connectivity index (χ0n) is 21.8. The van der Waals surface area contributed by atoms with Gasteiger partial charge >= 0.3 is 0 Å². The van der Waals surface area contributed by atoms with Crippen LogP contribution in [0.2, 0.25) is 0 Å². The standard InChI is InChI=1S/C30H30N4O5/c1-21-6-2-3-7-22(21)18-33(28(36)20-34-26-9-5-4-8-25(26)29(37)30(34)38)19-27(35)31-23-10-12-24(13-11-23)32-14-16-39-17-15-32/h2-13H,14-20H2,1H3,(H,31,35). The zero-order valence-corrected chi connectivity index (χ0v) is 21.8. The van der Waals surface area contributed by atoms with Gasteiger partial charge in [-0.2, -0.15) is 0 Å². The van der Waals surface area contributed by atoms with Crippen LogP contribution < -0.4 is 15.1 Å². The summed E-state index contributed by atoms with van der Waals surface area (Å²) < 4.78 is 5.40. The number of hydrogen-bond donors (Lipinski definition) is 1. The number of aryl methyl sites for hydroxylation is 1. The van der Waals surface area contributed by atoms with Crippen LogP contribution in [0.25, 0.3) is 0 Å². The Kier molecular flexibility index (Phi) is 7.69. The Hall–Kier alpha value is -4.50. The van der Waals surface area contributed by atoms with Gasteiger partial charge in [-0.05, 0) is 54.4 Å². The summed E-state index contributed by atoms with van der Waals surface area (Å²) in [5.41, 5.74) is 4.22. The molecule has 0 bridgehead atoms. The monoisotopic (exact) mass is 526 g/mol. The lowest BCUT2D eigenvalue weighted by atomic mass is 10.1. The Morgan fingerprint density at radius 3 is 2.36 bits per heavy atom. The summed E-state index contributed by atoms with van der Waals surface area (Å²) in [5.74, 6) is -2.18. The van der Waals surface area contributed by atoms with E-state index in [-0.39, 0.29) is 31.1 Å². The summed E-state index contributed by atoms with van der Waals surface area (Å²) in [7, 11) is 0. The average Bonchev–Trinajstić information content (AvgIpc) is 3.19. The van der Waals surface area contributed by atoms with E-state index in [0.29, 0.717) is 24.6 Å². The number of fused-ring (bicyclic) bond motifs is 1. The van der Waals surface area contributed by atoms with Gasteiger partial charge in [0.25, 0.3) is 11.7 Å². The highest BCUT2D eigenvalue weighted by atomic mass is 16.5. The number of carbonyl (C=O) groups excluding carboxylic acids is 4. The van der Waals surface area contributed by atoms with E-state index >= 15 is 0 Å². The van der Waals surface area contributed by atoms with E-state index in [4.69, 9.17) is 4.74 Å². The van der Waals surface area contributed by atoms with Crippen LogP contribution in [0.15, 0.2) is 72.8 Å². The molecule has 0 unspecified atom stereocenters. The van der Waals surface area contributed by atoms with Crippen LogP contribution in [0.1, 0.15) is 21.5 Å². The van der Waals surface area contributed by atoms with Gasteiger partial charge in [-0.3, -0.25) is 24.1 Å². The molecule has 200 valence electrons. The average molecular weight is 527 g/mol. The zero-order chi connectivity index (χ0) is 27.4. The molecule has 0 saturated carbocycles. The Balaban J connectivity index is 1.30. The maximum atomic E-state index is 13.5. The second-order valence-corrected chi connectivity index (χ2v) is 9.61. The molecular weight excluding hydrogens is 496 g/mol. The predicted molar refractivity (Wildman–Crippen MR) is 148 cm³/mol. The number of para-hydroxylation sites is 1. The number of morpholine rings is 1.